The summed E-state index contributed by atoms with van der Waals surface area (Å²) in [6, 6.07) is 0. The summed E-state index contributed by atoms with van der Waals surface area (Å²) in [4.78, 5) is 0.866. The molecule has 1 aliphatic rings. The van der Waals surface area contributed by atoms with Gasteiger partial charge in [0.2, 0.25) is 0 Å². The smallest absolute Gasteiger partial charge is 0.154 e. The Morgan fingerprint density at radius 2 is 2.11 bits per heavy atom. The normalized spacial score (nSPS) is 15.6. The molecule has 48 valence electrons. The van der Waals surface area contributed by atoms with Crippen LogP contribution in [0.1, 0.15) is 0 Å². The van der Waals surface area contributed by atoms with Crippen LogP contribution >= 0.6 is 0 Å². The molecule has 0 spiro atoms. The van der Waals surface area contributed by atoms with Gasteiger partial charge in [0.15, 0.2) is 4.99 Å². The van der Waals surface area contributed by atoms with E-state index in [1.807, 2.05) is 0 Å². The third kappa shape index (κ3) is 1.17. The van der Waals surface area contributed by atoms with E-state index in [2.05, 4.69) is 5.32 Å². The predicted octanol–water partition coefficient (Wildman–Crippen LogP) is -1.17. The lowest BCUT2D eigenvalue weighted by Crippen LogP contribution is -2.18. The molecule has 3 nitrogen and oxygen atoms in total. The van der Waals surface area contributed by atoms with E-state index in [-0.39, 0.29) is 0 Å². The summed E-state index contributed by atoms with van der Waals surface area (Å²) < 4.78 is 20.2. The molecule has 0 atom stereocenters. The molecule has 5 heteroatoms. The SMILES string of the molecule is O=S=C1C=CNC1=S=O. The van der Waals surface area contributed by atoms with Crippen LogP contribution in [-0.2, 0) is 22.5 Å². The average Bonchev–Trinajstić information content (AvgIpc) is 2.33. The van der Waals surface area contributed by atoms with Crippen LogP contribution in [0.3, 0.4) is 0 Å². The summed E-state index contributed by atoms with van der Waals surface area (Å²) in [6.07, 6.45) is 3.15. The predicted molar refractivity (Wildman–Crippen MR) is 38.6 cm³/mol. The second-order valence-electron chi connectivity index (χ2n) is 1.34. The molecule has 0 fully saturated rings. The molecule has 0 aromatic carbocycles. The summed E-state index contributed by atoms with van der Waals surface area (Å²) in [6.45, 7) is 0. The lowest BCUT2D eigenvalue weighted by atomic mass is 10.5. The second kappa shape index (κ2) is 2.75. The Morgan fingerprint density at radius 3 is 2.56 bits per heavy atom. The highest BCUT2D eigenvalue weighted by Crippen LogP contribution is 1.85. The first-order chi connectivity index (χ1) is 4.38. The van der Waals surface area contributed by atoms with E-state index in [1.165, 1.54) is 0 Å². The largest absolute Gasteiger partial charge is 0.350 e. The van der Waals surface area contributed by atoms with Crippen molar-refractivity contribution in [3.8, 4) is 0 Å². The zero-order valence-electron chi connectivity index (χ0n) is 4.29. The summed E-state index contributed by atoms with van der Waals surface area (Å²) >= 11 is 0.625. The van der Waals surface area contributed by atoms with Crippen molar-refractivity contribution in [3.63, 3.8) is 0 Å². The molecule has 0 unspecified atom stereocenters. The van der Waals surface area contributed by atoms with Crippen LogP contribution < -0.4 is 5.32 Å². The molecule has 0 aromatic heterocycles. The van der Waals surface area contributed by atoms with Gasteiger partial charge in [0.1, 0.15) is 16.1 Å². The fraction of sp³-hybridized carbons (Fsp3) is 0. The van der Waals surface area contributed by atoms with Crippen molar-refractivity contribution in [2.75, 3.05) is 0 Å². The highest BCUT2D eigenvalue weighted by Gasteiger charge is 2.07. The third-order valence-corrected chi connectivity index (χ3v) is 2.00. The molecular formula is C4H3NO2S2. The monoisotopic (exact) mass is 161 g/mol. The third-order valence-electron chi connectivity index (χ3n) is 0.846. The fourth-order valence-electron chi connectivity index (χ4n) is 0.471. The number of rotatable bonds is 0. The molecule has 0 saturated carbocycles. The Balaban J connectivity index is 3.12. The minimum Gasteiger partial charge on any atom is -0.350 e. The van der Waals surface area contributed by atoms with Crippen LogP contribution in [0.25, 0.3) is 0 Å². The van der Waals surface area contributed by atoms with Gasteiger partial charge in [-0.15, -0.1) is 0 Å². The molecular weight excluding hydrogens is 158 g/mol. The van der Waals surface area contributed by atoms with Crippen molar-refractivity contribution in [2.24, 2.45) is 0 Å². The van der Waals surface area contributed by atoms with Gasteiger partial charge in [0, 0.05) is 6.20 Å². The van der Waals surface area contributed by atoms with Gasteiger partial charge in [0.05, 0.1) is 11.3 Å². The molecule has 0 bridgehead atoms. The fourth-order valence-corrected chi connectivity index (χ4v) is 1.20. The number of hydrogen-bond donors (Lipinski definition) is 1. The first-order valence-corrected chi connectivity index (χ1v) is 3.64. The summed E-state index contributed by atoms with van der Waals surface area (Å²) in [5, 5.41) is 2.64. The van der Waals surface area contributed by atoms with E-state index in [0.717, 1.165) is 0 Å². The van der Waals surface area contributed by atoms with E-state index in [0.29, 0.717) is 32.4 Å². The Labute approximate surface area is 58.9 Å². The highest BCUT2D eigenvalue weighted by atomic mass is 32.1. The van der Waals surface area contributed by atoms with E-state index in [1.54, 1.807) is 12.3 Å². The molecule has 0 radical (unpaired) electrons. The molecule has 0 amide bonds. The maximum Gasteiger partial charge on any atom is 0.154 e. The molecule has 9 heavy (non-hydrogen) atoms. The minimum absolute atomic E-state index is 0.300. The first-order valence-electron chi connectivity index (χ1n) is 2.15. The van der Waals surface area contributed by atoms with E-state index in [4.69, 9.17) is 0 Å². The Kier molecular flexibility index (Phi) is 1.96. The zero-order valence-corrected chi connectivity index (χ0v) is 5.92. The van der Waals surface area contributed by atoms with Gasteiger partial charge in [-0.1, -0.05) is 0 Å². The van der Waals surface area contributed by atoms with E-state index in [9.17, 15) is 8.42 Å². The molecule has 1 heterocycles. The van der Waals surface area contributed by atoms with Crippen LogP contribution in [0.15, 0.2) is 12.3 Å². The van der Waals surface area contributed by atoms with Crippen LogP contribution in [0.2, 0.25) is 0 Å². The van der Waals surface area contributed by atoms with Crippen LogP contribution in [-0.4, -0.2) is 18.3 Å². The van der Waals surface area contributed by atoms with Gasteiger partial charge in [-0.2, -0.15) is 0 Å². The van der Waals surface area contributed by atoms with Crippen molar-refractivity contribution >= 4 is 32.4 Å². The summed E-state index contributed by atoms with van der Waals surface area (Å²) in [7, 11) is 0. The van der Waals surface area contributed by atoms with Gasteiger partial charge >= 0.3 is 0 Å². The lowest BCUT2D eigenvalue weighted by Gasteiger charge is -1.85. The minimum atomic E-state index is 0.300. The van der Waals surface area contributed by atoms with Crippen molar-refractivity contribution in [3.05, 3.63) is 12.3 Å². The first kappa shape index (κ1) is 6.44. The van der Waals surface area contributed by atoms with Gasteiger partial charge in [-0.3, -0.25) is 0 Å². The molecule has 1 N–H and O–H groups in total. The van der Waals surface area contributed by atoms with Crippen LogP contribution in [0, 0.1) is 0 Å². The van der Waals surface area contributed by atoms with Crippen molar-refractivity contribution in [2.45, 2.75) is 0 Å². The Hall–Kier alpha value is -0.680. The van der Waals surface area contributed by atoms with Gasteiger partial charge < -0.3 is 5.32 Å². The second-order valence-corrected chi connectivity index (χ2v) is 2.52. The van der Waals surface area contributed by atoms with E-state index < -0.39 is 0 Å². The highest BCUT2D eigenvalue weighted by molar-refractivity contribution is 7.77. The van der Waals surface area contributed by atoms with Gasteiger partial charge in [-0.25, -0.2) is 8.42 Å². The maximum absolute atomic E-state index is 10.1. The summed E-state index contributed by atoms with van der Waals surface area (Å²) in [5.74, 6) is 0. The van der Waals surface area contributed by atoms with Gasteiger partial charge in [-0.05, 0) is 6.08 Å². The van der Waals surface area contributed by atoms with Crippen LogP contribution in [0.5, 0.6) is 0 Å². The molecule has 0 saturated heterocycles. The Morgan fingerprint density at radius 1 is 1.33 bits per heavy atom. The topological polar surface area (TPSA) is 46.2 Å². The zero-order chi connectivity index (χ0) is 6.69. The molecule has 1 aliphatic heterocycles. The van der Waals surface area contributed by atoms with Crippen molar-refractivity contribution in [1.29, 1.82) is 0 Å². The van der Waals surface area contributed by atoms with Crippen molar-refractivity contribution < 1.29 is 8.42 Å². The maximum atomic E-state index is 10.1. The van der Waals surface area contributed by atoms with Gasteiger partial charge in [0.25, 0.3) is 0 Å². The van der Waals surface area contributed by atoms with E-state index >= 15 is 0 Å². The lowest BCUT2D eigenvalue weighted by molar-refractivity contribution is 0.699. The van der Waals surface area contributed by atoms with Crippen LogP contribution in [0.4, 0.5) is 0 Å². The quantitative estimate of drug-likeness (QED) is 0.455. The molecule has 1 rings (SSSR count). The number of hydrogen-bond acceptors (Lipinski definition) is 2. The summed E-state index contributed by atoms with van der Waals surface area (Å²) in [5.41, 5.74) is 0. The Bertz CT molecular complexity index is 258. The average molecular weight is 161 g/mol. The molecule has 0 aromatic rings. The number of nitrogens with one attached hydrogen (secondary N) is 1. The molecule has 0 aliphatic carbocycles. The standard InChI is InChI=1S/C4H3NO2S2/c6-8-3-1-2-5-4(3)9-7/h1-2,5H. The van der Waals surface area contributed by atoms with Crippen molar-refractivity contribution in [1.82, 2.24) is 5.32 Å².